The zero-order valence-corrected chi connectivity index (χ0v) is 30.0. The minimum absolute atomic E-state index is 0.00388. The number of nitrogens with zero attached hydrogens (tertiary/aromatic N) is 2. The van der Waals surface area contributed by atoms with Crippen LogP contribution in [0.15, 0.2) is 30.3 Å². The summed E-state index contributed by atoms with van der Waals surface area (Å²) in [4.78, 5) is 56.5. The monoisotopic (exact) mass is 661 g/mol. The van der Waals surface area contributed by atoms with E-state index in [9.17, 15) is 24.3 Å². The quantitative estimate of drug-likeness (QED) is 0.187. The molecule has 0 radical (unpaired) electrons. The van der Waals surface area contributed by atoms with Gasteiger partial charge >= 0.3 is 0 Å². The molecule has 1 aliphatic rings. The zero-order chi connectivity index (χ0) is 35.5. The van der Waals surface area contributed by atoms with Crippen molar-refractivity contribution in [2.45, 2.75) is 109 Å². The van der Waals surface area contributed by atoms with Crippen molar-refractivity contribution in [1.82, 2.24) is 25.8 Å². The number of likely N-dealkylation sites (tertiary alicyclic amines) is 1. The molecule has 0 unspecified atom stereocenters. The van der Waals surface area contributed by atoms with Gasteiger partial charge in [0.25, 0.3) is 0 Å². The molecule has 1 aromatic carbocycles. The zero-order valence-electron chi connectivity index (χ0n) is 30.0. The van der Waals surface area contributed by atoms with E-state index in [1.807, 2.05) is 44.2 Å². The third-order valence-corrected chi connectivity index (χ3v) is 9.88. The Morgan fingerprint density at radius 2 is 1.72 bits per heavy atom. The second kappa shape index (κ2) is 18.5. The fourth-order valence-corrected chi connectivity index (χ4v) is 6.31. The summed E-state index contributed by atoms with van der Waals surface area (Å²) in [6.45, 7) is 11.4. The molecular weight excluding hydrogens is 602 g/mol. The van der Waals surface area contributed by atoms with Crippen molar-refractivity contribution in [3.63, 3.8) is 0 Å². The molecule has 4 amide bonds. The first-order valence-corrected chi connectivity index (χ1v) is 16.8. The Labute approximate surface area is 281 Å². The number of aliphatic hydroxyl groups is 1. The van der Waals surface area contributed by atoms with Gasteiger partial charge in [-0.15, -0.1) is 0 Å². The highest BCUT2D eigenvalue weighted by molar-refractivity contribution is 5.89. The highest BCUT2D eigenvalue weighted by atomic mass is 16.5. The largest absolute Gasteiger partial charge is 0.386 e. The van der Waals surface area contributed by atoms with Gasteiger partial charge in [-0.05, 0) is 52.1 Å². The predicted octanol–water partition coefficient (Wildman–Crippen LogP) is 2.26. The van der Waals surface area contributed by atoms with Crippen LogP contribution in [-0.4, -0.2) is 116 Å². The second-order valence-corrected chi connectivity index (χ2v) is 13.4. The van der Waals surface area contributed by atoms with Crippen molar-refractivity contribution < 1.29 is 33.8 Å². The lowest BCUT2D eigenvalue weighted by molar-refractivity contribution is -0.146. The molecule has 266 valence electrons. The number of benzene rings is 1. The van der Waals surface area contributed by atoms with Crippen LogP contribution < -0.4 is 16.0 Å². The van der Waals surface area contributed by atoms with Crippen LogP contribution in [-0.2, 0) is 28.7 Å². The molecule has 1 aliphatic heterocycles. The van der Waals surface area contributed by atoms with E-state index >= 15 is 0 Å². The fourth-order valence-electron chi connectivity index (χ4n) is 6.31. The molecule has 1 fully saturated rings. The minimum atomic E-state index is -0.871. The number of nitrogens with one attached hydrogen (secondary N) is 3. The summed E-state index contributed by atoms with van der Waals surface area (Å²) in [5.41, 5.74) is -0.121. The van der Waals surface area contributed by atoms with E-state index in [1.165, 1.54) is 0 Å². The van der Waals surface area contributed by atoms with Gasteiger partial charge in [-0.3, -0.25) is 19.2 Å². The van der Waals surface area contributed by atoms with Gasteiger partial charge in [0.15, 0.2) is 0 Å². The van der Waals surface area contributed by atoms with E-state index < -0.39 is 41.9 Å². The van der Waals surface area contributed by atoms with E-state index in [2.05, 4.69) is 16.0 Å². The molecule has 8 atom stereocenters. The standard InChI is InChI=1S/C35H59N5O7/c1-11-22(2)30(39(8)29(42)21-37-34(45)35(5,6)36-7)27(46-9)20-28(41)40-19-15-18-26(40)32(47-10)23(3)33(44)38-24(4)31(43)25-16-13-12-14-17-25/h12-14,16-17,22-24,26-27,30-32,36,43H,11,15,18-21H2,1-10H3,(H,37,45)(H,38,44)/t22-,23+,24+,26-,27+,30-,31+,32+/m0/s1. The molecule has 1 aromatic rings. The average Bonchev–Trinajstić information content (AvgIpc) is 3.56. The van der Waals surface area contributed by atoms with Crippen LogP contribution in [0, 0.1) is 11.8 Å². The lowest BCUT2D eigenvalue weighted by Gasteiger charge is -2.39. The molecule has 0 spiro atoms. The molecule has 12 nitrogen and oxygen atoms in total. The Kier molecular flexibility index (Phi) is 15.8. The fraction of sp³-hybridized carbons (Fsp3) is 0.714. The van der Waals surface area contributed by atoms with Gasteiger partial charge in [-0.2, -0.15) is 0 Å². The Morgan fingerprint density at radius 1 is 1.09 bits per heavy atom. The van der Waals surface area contributed by atoms with Crippen LogP contribution >= 0.6 is 0 Å². The highest BCUT2D eigenvalue weighted by Gasteiger charge is 2.42. The Balaban J connectivity index is 2.15. The van der Waals surface area contributed by atoms with E-state index in [0.29, 0.717) is 18.5 Å². The van der Waals surface area contributed by atoms with E-state index in [-0.39, 0.29) is 48.6 Å². The lowest BCUT2D eigenvalue weighted by Crippen LogP contribution is -2.56. The van der Waals surface area contributed by atoms with Gasteiger partial charge in [0.05, 0.1) is 60.9 Å². The molecule has 1 heterocycles. The molecule has 0 bridgehead atoms. The number of rotatable bonds is 18. The maximum Gasteiger partial charge on any atom is 0.242 e. The maximum atomic E-state index is 13.9. The van der Waals surface area contributed by atoms with Gasteiger partial charge in [0, 0.05) is 27.8 Å². The number of likely N-dealkylation sites (N-methyl/N-ethyl adjacent to an activating group) is 2. The van der Waals surface area contributed by atoms with E-state index in [4.69, 9.17) is 9.47 Å². The molecule has 4 N–H and O–H groups in total. The second-order valence-electron chi connectivity index (χ2n) is 13.4. The molecular formula is C35H59N5O7. The summed E-state index contributed by atoms with van der Waals surface area (Å²) in [5.74, 6) is -1.57. The molecule has 2 rings (SSSR count). The van der Waals surface area contributed by atoms with Crippen molar-refractivity contribution in [1.29, 1.82) is 0 Å². The van der Waals surface area contributed by atoms with Gasteiger partial charge < -0.3 is 40.3 Å². The number of methoxy groups -OCH3 is 2. The molecule has 0 saturated carbocycles. The van der Waals surface area contributed by atoms with Crippen molar-refractivity contribution in [3.05, 3.63) is 35.9 Å². The number of aliphatic hydroxyl groups excluding tert-OH is 1. The molecule has 0 aliphatic carbocycles. The summed E-state index contributed by atoms with van der Waals surface area (Å²) < 4.78 is 11.8. The number of hydrogen-bond donors (Lipinski definition) is 4. The maximum absolute atomic E-state index is 13.9. The molecule has 12 heteroatoms. The Hall–Kier alpha value is -3.06. The van der Waals surface area contributed by atoms with Crippen LogP contribution in [0.3, 0.4) is 0 Å². The molecule has 0 aromatic heterocycles. The van der Waals surface area contributed by atoms with Crippen LogP contribution in [0.4, 0.5) is 0 Å². The van der Waals surface area contributed by atoms with Crippen molar-refractivity contribution in [2.75, 3.05) is 41.4 Å². The Morgan fingerprint density at radius 3 is 2.28 bits per heavy atom. The van der Waals surface area contributed by atoms with Crippen molar-refractivity contribution >= 4 is 23.6 Å². The van der Waals surface area contributed by atoms with Crippen LogP contribution in [0.1, 0.15) is 78.9 Å². The van der Waals surface area contributed by atoms with Gasteiger partial charge in [0.1, 0.15) is 0 Å². The van der Waals surface area contributed by atoms with Crippen LogP contribution in [0.25, 0.3) is 0 Å². The number of carbonyl (C=O) groups excluding carboxylic acids is 4. The first-order chi connectivity index (χ1) is 22.1. The number of carbonyl (C=O) groups is 4. The highest BCUT2D eigenvalue weighted by Crippen LogP contribution is 2.29. The van der Waals surface area contributed by atoms with Crippen LogP contribution in [0.5, 0.6) is 0 Å². The molecule has 1 saturated heterocycles. The van der Waals surface area contributed by atoms with E-state index in [1.54, 1.807) is 65.8 Å². The average molecular weight is 662 g/mol. The molecule has 47 heavy (non-hydrogen) atoms. The van der Waals surface area contributed by atoms with Crippen LogP contribution in [0.2, 0.25) is 0 Å². The third-order valence-electron chi connectivity index (χ3n) is 9.88. The number of hydrogen-bond acceptors (Lipinski definition) is 8. The van der Waals surface area contributed by atoms with Gasteiger partial charge in [-0.25, -0.2) is 0 Å². The van der Waals surface area contributed by atoms with E-state index in [0.717, 1.165) is 12.8 Å². The smallest absolute Gasteiger partial charge is 0.242 e. The lowest BCUT2D eigenvalue weighted by atomic mass is 9.90. The third kappa shape index (κ3) is 10.5. The summed E-state index contributed by atoms with van der Waals surface area (Å²) >= 11 is 0. The summed E-state index contributed by atoms with van der Waals surface area (Å²) in [6, 6.07) is 7.89. The van der Waals surface area contributed by atoms with Gasteiger partial charge in [0.2, 0.25) is 23.6 Å². The van der Waals surface area contributed by atoms with Gasteiger partial charge in [-0.1, -0.05) is 57.5 Å². The Bertz CT molecular complexity index is 1170. The summed E-state index contributed by atoms with van der Waals surface area (Å²) in [6.07, 6.45) is 0.193. The number of amides is 4. The predicted molar refractivity (Wildman–Crippen MR) is 181 cm³/mol. The first-order valence-electron chi connectivity index (χ1n) is 16.8. The van der Waals surface area contributed by atoms with Crippen molar-refractivity contribution in [3.8, 4) is 0 Å². The van der Waals surface area contributed by atoms with Crippen molar-refractivity contribution in [2.24, 2.45) is 11.8 Å². The topological polar surface area (TPSA) is 150 Å². The number of ether oxygens (including phenoxy) is 2. The first kappa shape index (κ1) is 40.1. The minimum Gasteiger partial charge on any atom is -0.386 e. The summed E-state index contributed by atoms with van der Waals surface area (Å²) in [5, 5.41) is 19.3. The normalized spacial score (nSPS) is 19.6. The SMILES string of the molecule is CC[C@H](C)[C@@H]([C@@H](CC(=O)N1CCC[C@H]1[C@H](OC)[C@@H](C)C(=O)N[C@H](C)[C@@H](O)c1ccccc1)OC)N(C)C(=O)CNC(=O)C(C)(C)NC. The summed E-state index contributed by atoms with van der Waals surface area (Å²) in [7, 11) is 6.45.